The number of benzene rings is 2. The van der Waals surface area contributed by atoms with E-state index in [2.05, 4.69) is 33.2 Å². The molecule has 0 spiro atoms. The van der Waals surface area contributed by atoms with E-state index in [0.717, 1.165) is 9.13 Å². The minimum absolute atomic E-state index is 0.153. The Morgan fingerprint density at radius 3 is 2.21 bits per heavy atom. The van der Waals surface area contributed by atoms with Gasteiger partial charge in [-0.1, -0.05) is 30.3 Å². The Labute approximate surface area is 176 Å². The topological polar surface area (TPSA) is 101 Å². The van der Waals surface area contributed by atoms with Crippen LogP contribution in [0.3, 0.4) is 0 Å². The summed E-state index contributed by atoms with van der Waals surface area (Å²) >= 11 is 2.15. The van der Waals surface area contributed by atoms with Crippen LogP contribution in [0.5, 0.6) is 0 Å². The molecule has 0 radical (unpaired) electrons. The number of nitrogens with two attached hydrogens (primary N) is 1. The second kappa shape index (κ2) is 10.2. The summed E-state index contributed by atoms with van der Waals surface area (Å²) in [6.07, 6.45) is 0.392. The van der Waals surface area contributed by atoms with Crippen molar-refractivity contribution in [3.8, 4) is 0 Å². The number of carbonyl (C=O) groups is 3. The van der Waals surface area contributed by atoms with Crippen molar-refractivity contribution in [1.82, 2.24) is 10.6 Å². The van der Waals surface area contributed by atoms with Crippen LogP contribution in [-0.4, -0.2) is 29.8 Å². The zero-order valence-corrected chi connectivity index (χ0v) is 17.4. The standard InChI is InChI=1S/C20H21FIN3O3/c1-12(26)24-18(10-13-6-8-15(21)9-7-13)20(28)25-17(19(23)27)11-14-4-2-3-5-16(14)22/h2-9,17-18H,10-11H2,1H3,(H2,23,27)(H,24,26)(H,25,28)/t17-,18+/m0/s1. The van der Waals surface area contributed by atoms with Crippen LogP contribution in [-0.2, 0) is 27.2 Å². The fourth-order valence-corrected chi connectivity index (χ4v) is 3.30. The van der Waals surface area contributed by atoms with Crippen molar-refractivity contribution in [2.45, 2.75) is 31.8 Å². The van der Waals surface area contributed by atoms with E-state index in [1.54, 1.807) is 0 Å². The maximum absolute atomic E-state index is 13.1. The summed E-state index contributed by atoms with van der Waals surface area (Å²) in [5.41, 5.74) is 7.02. The molecule has 6 nitrogen and oxygen atoms in total. The molecule has 0 saturated carbocycles. The van der Waals surface area contributed by atoms with Crippen molar-refractivity contribution in [2.75, 3.05) is 0 Å². The van der Waals surface area contributed by atoms with Crippen molar-refractivity contribution in [3.63, 3.8) is 0 Å². The number of primary amides is 1. The largest absolute Gasteiger partial charge is 0.368 e. The van der Waals surface area contributed by atoms with Gasteiger partial charge in [0.1, 0.15) is 17.9 Å². The van der Waals surface area contributed by atoms with E-state index in [0.29, 0.717) is 5.56 Å². The normalized spacial score (nSPS) is 12.7. The first-order chi connectivity index (χ1) is 13.3. The maximum atomic E-state index is 13.1. The number of hydrogen-bond donors (Lipinski definition) is 3. The fraction of sp³-hybridized carbons (Fsp3) is 0.250. The van der Waals surface area contributed by atoms with Crippen molar-refractivity contribution in [1.29, 1.82) is 0 Å². The van der Waals surface area contributed by atoms with Crippen LogP contribution in [0.1, 0.15) is 18.1 Å². The Bertz CT molecular complexity index is 858. The SMILES string of the molecule is CC(=O)N[C@H](Cc1ccc(F)cc1)C(=O)N[C@@H](Cc1ccccc1I)C(N)=O. The van der Waals surface area contributed by atoms with Crippen LogP contribution in [0.2, 0.25) is 0 Å². The second-order valence-electron chi connectivity index (χ2n) is 6.34. The first kappa shape index (κ1) is 21.8. The van der Waals surface area contributed by atoms with E-state index in [4.69, 9.17) is 5.73 Å². The molecule has 0 aliphatic rings. The van der Waals surface area contributed by atoms with E-state index in [-0.39, 0.29) is 12.8 Å². The lowest BCUT2D eigenvalue weighted by Crippen LogP contribution is -2.54. The summed E-state index contributed by atoms with van der Waals surface area (Å²) in [5.74, 6) is -1.99. The molecule has 148 valence electrons. The number of halogens is 2. The van der Waals surface area contributed by atoms with Gasteiger partial charge < -0.3 is 16.4 Å². The average molecular weight is 497 g/mol. The Kier molecular flexibility index (Phi) is 7.91. The predicted molar refractivity (Wildman–Crippen MR) is 112 cm³/mol. The van der Waals surface area contributed by atoms with Gasteiger partial charge >= 0.3 is 0 Å². The molecule has 2 aromatic rings. The van der Waals surface area contributed by atoms with Gasteiger partial charge in [0.05, 0.1) is 0 Å². The predicted octanol–water partition coefficient (Wildman–Crippen LogP) is 1.69. The highest BCUT2D eigenvalue weighted by molar-refractivity contribution is 14.1. The summed E-state index contributed by atoms with van der Waals surface area (Å²) in [5, 5.41) is 5.19. The van der Waals surface area contributed by atoms with E-state index in [1.807, 2.05) is 24.3 Å². The van der Waals surface area contributed by atoms with Crippen molar-refractivity contribution >= 4 is 40.3 Å². The van der Waals surface area contributed by atoms with Crippen molar-refractivity contribution in [2.24, 2.45) is 5.73 Å². The molecule has 0 heterocycles. The summed E-state index contributed by atoms with van der Waals surface area (Å²) < 4.78 is 14.0. The zero-order valence-electron chi connectivity index (χ0n) is 15.2. The van der Waals surface area contributed by atoms with Crippen LogP contribution in [0, 0.1) is 9.39 Å². The van der Waals surface area contributed by atoms with Crippen LogP contribution in [0.25, 0.3) is 0 Å². The van der Waals surface area contributed by atoms with E-state index < -0.39 is 35.6 Å². The van der Waals surface area contributed by atoms with Crippen LogP contribution < -0.4 is 16.4 Å². The molecular formula is C20H21FIN3O3. The molecule has 28 heavy (non-hydrogen) atoms. The van der Waals surface area contributed by atoms with Gasteiger partial charge in [-0.05, 0) is 51.9 Å². The molecule has 8 heteroatoms. The first-order valence-electron chi connectivity index (χ1n) is 8.61. The highest BCUT2D eigenvalue weighted by Gasteiger charge is 2.26. The molecule has 2 rings (SSSR count). The highest BCUT2D eigenvalue weighted by Crippen LogP contribution is 2.14. The molecule has 2 aromatic carbocycles. The van der Waals surface area contributed by atoms with Gasteiger partial charge in [-0.15, -0.1) is 0 Å². The van der Waals surface area contributed by atoms with E-state index in [1.165, 1.54) is 31.2 Å². The van der Waals surface area contributed by atoms with Crippen LogP contribution in [0.4, 0.5) is 4.39 Å². The third-order valence-corrected chi connectivity index (χ3v) is 5.14. The summed E-state index contributed by atoms with van der Waals surface area (Å²) in [7, 11) is 0. The van der Waals surface area contributed by atoms with E-state index in [9.17, 15) is 18.8 Å². The molecule has 0 aliphatic carbocycles. The van der Waals surface area contributed by atoms with Gasteiger partial charge in [-0.25, -0.2) is 4.39 Å². The number of hydrogen-bond acceptors (Lipinski definition) is 3. The van der Waals surface area contributed by atoms with Gasteiger partial charge in [0.25, 0.3) is 0 Å². The molecule has 2 atom stereocenters. The zero-order chi connectivity index (χ0) is 20.7. The molecule has 4 N–H and O–H groups in total. The Morgan fingerprint density at radius 1 is 1.00 bits per heavy atom. The lowest BCUT2D eigenvalue weighted by atomic mass is 10.0. The molecule has 0 saturated heterocycles. The third kappa shape index (κ3) is 6.59. The highest BCUT2D eigenvalue weighted by atomic mass is 127. The van der Waals surface area contributed by atoms with Crippen molar-refractivity contribution < 1.29 is 18.8 Å². The van der Waals surface area contributed by atoms with Gasteiger partial charge in [-0.3, -0.25) is 14.4 Å². The molecular weight excluding hydrogens is 476 g/mol. The fourth-order valence-electron chi connectivity index (χ4n) is 2.69. The third-order valence-electron chi connectivity index (χ3n) is 4.09. The minimum atomic E-state index is -0.923. The number of carbonyl (C=O) groups excluding carboxylic acids is 3. The van der Waals surface area contributed by atoms with Gasteiger partial charge in [0.2, 0.25) is 17.7 Å². The monoisotopic (exact) mass is 497 g/mol. The van der Waals surface area contributed by atoms with Gasteiger partial charge in [0.15, 0.2) is 0 Å². The number of rotatable bonds is 8. The quantitative estimate of drug-likeness (QED) is 0.484. The first-order valence-corrected chi connectivity index (χ1v) is 9.68. The van der Waals surface area contributed by atoms with Gasteiger partial charge in [-0.2, -0.15) is 0 Å². The Hall–Kier alpha value is -2.49. The average Bonchev–Trinajstić information content (AvgIpc) is 2.63. The molecule has 0 fully saturated rings. The van der Waals surface area contributed by atoms with Crippen LogP contribution in [0.15, 0.2) is 48.5 Å². The number of nitrogens with one attached hydrogen (secondary N) is 2. The lowest BCUT2D eigenvalue weighted by Gasteiger charge is -2.22. The molecule has 0 aromatic heterocycles. The molecule has 3 amide bonds. The Morgan fingerprint density at radius 2 is 1.64 bits per heavy atom. The summed E-state index contributed by atoms with van der Waals surface area (Å²) in [6, 6.07) is 11.3. The maximum Gasteiger partial charge on any atom is 0.243 e. The van der Waals surface area contributed by atoms with E-state index >= 15 is 0 Å². The van der Waals surface area contributed by atoms with Crippen LogP contribution >= 0.6 is 22.6 Å². The smallest absolute Gasteiger partial charge is 0.243 e. The Balaban J connectivity index is 2.14. The minimum Gasteiger partial charge on any atom is -0.368 e. The number of amides is 3. The van der Waals surface area contributed by atoms with Crippen molar-refractivity contribution in [3.05, 3.63) is 69.0 Å². The lowest BCUT2D eigenvalue weighted by molar-refractivity contribution is -0.130. The summed E-state index contributed by atoms with van der Waals surface area (Å²) in [6.45, 7) is 1.29. The second-order valence-corrected chi connectivity index (χ2v) is 7.50. The molecule has 0 unspecified atom stereocenters. The summed E-state index contributed by atoms with van der Waals surface area (Å²) in [4.78, 5) is 36.1. The molecule has 0 aliphatic heterocycles. The van der Waals surface area contributed by atoms with Gasteiger partial charge in [0, 0.05) is 23.3 Å². The molecule has 0 bridgehead atoms.